The minimum absolute atomic E-state index is 0.139. The molecular formula is C10H9F2NO2. The summed E-state index contributed by atoms with van der Waals surface area (Å²) in [6.45, 7) is 0. The van der Waals surface area contributed by atoms with Gasteiger partial charge in [0.15, 0.2) is 0 Å². The minimum Gasteiger partial charge on any atom is -0.382 e. The number of aliphatic hydroxyl groups excluding tert-OH is 1. The number of hydrogen-bond donors (Lipinski definition) is 2. The summed E-state index contributed by atoms with van der Waals surface area (Å²) in [4.78, 5) is 11.0. The van der Waals surface area contributed by atoms with Gasteiger partial charge in [0, 0.05) is 5.69 Å². The quantitative estimate of drug-likeness (QED) is 0.781. The van der Waals surface area contributed by atoms with Crippen LogP contribution in [-0.2, 0) is 11.2 Å². The number of anilines is 1. The Morgan fingerprint density at radius 3 is 2.80 bits per heavy atom. The Bertz CT molecular complexity index is 406. The predicted octanol–water partition coefficient (Wildman–Crippen LogP) is 1.48. The highest BCUT2D eigenvalue weighted by Crippen LogP contribution is 2.28. The second-order valence-electron chi connectivity index (χ2n) is 3.42. The second-order valence-corrected chi connectivity index (χ2v) is 3.42. The van der Waals surface area contributed by atoms with Crippen LogP contribution in [0.4, 0.5) is 14.5 Å². The molecule has 1 aliphatic rings. The Morgan fingerprint density at radius 2 is 2.13 bits per heavy atom. The Balaban J connectivity index is 2.31. The molecular weight excluding hydrogens is 204 g/mol. The monoisotopic (exact) mass is 213 g/mol. The molecule has 0 aliphatic carbocycles. The average molecular weight is 213 g/mol. The molecule has 1 amide bonds. The van der Waals surface area contributed by atoms with Crippen molar-refractivity contribution in [3.05, 3.63) is 29.3 Å². The van der Waals surface area contributed by atoms with Crippen molar-refractivity contribution in [1.29, 1.82) is 0 Å². The molecule has 1 atom stereocenters. The maximum absolute atomic E-state index is 12.2. The van der Waals surface area contributed by atoms with Crippen molar-refractivity contribution in [1.82, 2.24) is 0 Å². The zero-order valence-electron chi connectivity index (χ0n) is 7.71. The van der Waals surface area contributed by atoms with Crippen LogP contribution >= 0.6 is 0 Å². The molecule has 15 heavy (non-hydrogen) atoms. The van der Waals surface area contributed by atoms with Crippen LogP contribution in [-0.4, -0.2) is 17.4 Å². The van der Waals surface area contributed by atoms with E-state index in [1.54, 1.807) is 0 Å². The van der Waals surface area contributed by atoms with E-state index in [0.717, 1.165) is 0 Å². The van der Waals surface area contributed by atoms with Gasteiger partial charge in [-0.1, -0.05) is 12.1 Å². The maximum atomic E-state index is 12.2. The van der Waals surface area contributed by atoms with Crippen LogP contribution in [0.15, 0.2) is 18.2 Å². The topological polar surface area (TPSA) is 49.3 Å². The molecule has 0 bridgehead atoms. The van der Waals surface area contributed by atoms with Gasteiger partial charge in [0.05, 0.1) is 6.42 Å². The van der Waals surface area contributed by atoms with E-state index >= 15 is 0 Å². The zero-order valence-corrected chi connectivity index (χ0v) is 7.71. The van der Waals surface area contributed by atoms with Gasteiger partial charge in [0.25, 0.3) is 6.43 Å². The van der Waals surface area contributed by atoms with Crippen LogP contribution in [0.1, 0.15) is 17.2 Å². The fourth-order valence-electron chi connectivity index (χ4n) is 1.58. The first-order valence-corrected chi connectivity index (χ1v) is 4.47. The SMILES string of the molecule is O=C1Cc2cc(C(O)C(F)F)ccc2N1. The summed E-state index contributed by atoms with van der Waals surface area (Å²) in [6.07, 6.45) is -4.42. The molecule has 1 aromatic carbocycles. The number of benzene rings is 1. The Kier molecular flexibility index (Phi) is 2.40. The number of carbonyl (C=O) groups is 1. The Labute approximate surface area is 84.7 Å². The fourth-order valence-corrected chi connectivity index (χ4v) is 1.58. The summed E-state index contributed by atoms with van der Waals surface area (Å²) in [5.41, 5.74) is 1.42. The van der Waals surface area contributed by atoms with Gasteiger partial charge in [-0.3, -0.25) is 4.79 Å². The Hall–Kier alpha value is -1.49. The van der Waals surface area contributed by atoms with Crippen molar-refractivity contribution < 1.29 is 18.7 Å². The highest BCUT2D eigenvalue weighted by molar-refractivity contribution is 5.99. The summed E-state index contributed by atoms with van der Waals surface area (Å²) in [5, 5.41) is 11.7. The molecule has 2 N–H and O–H groups in total. The van der Waals surface area contributed by atoms with Crippen molar-refractivity contribution in [2.75, 3.05) is 5.32 Å². The molecule has 3 nitrogen and oxygen atoms in total. The number of nitrogens with one attached hydrogen (secondary N) is 1. The highest BCUT2D eigenvalue weighted by atomic mass is 19.3. The predicted molar refractivity (Wildman–Crippen MR) is 49.7 cm³/mol. The smallest absolute Gasteiger partial charge is 0.268 e. The molecule has 1 aliphatic heterocycles. The van der Waals surface area contributed by atoms with E-state index in [9.17, 15) is 13.6 Å². The number of rotatable bonds is 2. The minimum atomic E-state index is -2.81. The number of fused-ring (bicyclic) bond motifs is 1. The molecule has 1 heterocycles. The molecule has 5 heteroatoms. The third-order valence-corrected chi connectivity index (χ3v) is 2.33. The number of carbonyl (C=O) groups excluding carboxylic acids is 1. The lowest BCUT2D eigenvalue weighted by Gasteiger charge is -2.10. The molecule has 0 fully saturated rings. The van der Waals surface area contributed by atoms with Crippen LogP contribution in [0.5, 0.6) is 0 Å². The maximum Gasteiger partial charge on any atom is 0.268 e. The summed E-state index contributed by atoms with van der Waals surface area (Å²) in [6, 6.07) is 4.35. The summed E-state index contributed by atoms with van der Waals surface area (Å²) < 4.78 is 24.4. The number of aliphatic hydroxyl groups is 1. The lowest BCUT2D eigenvalue weighted by atomic mass is 10.0. The van der Waals surface area contributed by atoms with Gasteiger partial charge >= 0.3 is 0 Å². The van der Waals surface area contributed by atoms with Crippen molar-refractivity contribution >= 4 is 11.6 Å². The average Bonchev–Trinajstić information content (AvgIpc) is 2.55. The third-order valence-electron chi connectivity index (χ3n) is 2.33. The van der Waals surface area contributed by atoms with E-state index in [0.29, 0.717) is 11.3 Å². The lowest BCUT2D eigenvalue weighted by Crippen LogP contribution is -2.08. The van der Waals surface area contributed by atoms with E-state index in [2.05, 4.69) is 5.32 Å². The van der Waals surface area contributed by atoms with Gasteiger partial charge in [0.1, 0.15) is 6.10 Å². The molecule has 0 saturated carbocycles. The lowest BCUT2D eigenvalue weighted by molar-refractivity contribution is -0.115. The first kappa shape index (κ1) is 10.0. The van der Waals surface area contributed by atoms with E-state index in [4.69, 9.17) is 5.11 Å². The van der Waals surface area contributed by atoms with Gasteiger partial charge in [-0.05, 0) is 17.2 Å². The molecule has 0 aromatic heterocycles. The first-order valence-electron chi connectivity index (χ1n) is 4.47. The van der Waals surface area contributed by atoms with Crippen LogP contribution in [0.2, 0.25) is 0 Å². The van der Waals surface area contributed by atoms with Crippen LogP contribution in [0.25, 0.3) is 0 Å². The van der Waals surface area contributed by atoms with Gasteiger partial charge in [0.2, 0.25) is 5.91 Å². The van der Waals surface area contributed by atoms with Crippen molar-refractivity contribution in [3.63, 3.8) is 0 Å². The molecule has 1 unspecified atom stereocenters. The third kappa shape index (κ3) is 1.83. The van der Waals surface area contributed by atoms with Crippen molar-refractivity contribution in [3.8, 4) is 0 Å². The highest BCUT2D eigenvalue weighted by Gasteiger charge is 2.23. The van der Waals surface area contributed by atoms with Crippen LogP contribution < -0.4 is 5.32 Å². The van der Waals surface area contributed by atoms with Gasteiger partial charge in [-0.2, -0.15) is 0 Å². The van der Waals surface area contributed by atoms with Gasteiger partial charge in [-0.25, -0.2) is 8.78 Å². The summed E-state index contributed by atoms with van der Waals surface area (Å²) >= 11 is 0. The Morgan fingerprint density at radius 1 is 1.40 bits per heavy atom. The van der Waals surface area contributed by atoms with E-state index < -0.39 is 12.5 Å². The molecule has 0 saturated heterocycles. The number of halogens is 2. The van der Waals surface area contributed by atoms with Crippen molar-refractivity contribution in [2.24, 2.45) is 0 Å². The van der Waals surface area contributed by atoms with Crippen LogP contribution in [0.3, 0.4) is 0 Å². The molecule has 0 spiro atoms. The summed E-state index contributed by atoms with van der Waals surface area (Å²) in [5.74, 6) is -0.159. The van der Waals surface area contributed by atoms with Crippen LogP contribution in [0, 0.1) is 0 Å². The van der Waals surface area contributed by atoms with Gasteiger partial charge < -0.3 is 10.4 Å². The second kappa shape index (κ2) is 3.58. The standard InChI is InChI=1S/C10H9F2NO2/c11-10(12)9(15)5-1-2-7-6(3-5)4-8(14)13-7/h1-3,9-10,15H,4H2,(H,13,14). The normalized spacial score (nSPS) is 16.4. The number of amides is 1. The zero-order chi connectivity index (χ0) is 11.0. The fraction of sp³-hybridized carbons (Fsp3) is 0.300. The first-order chi connectivity index (χ1) is 7.08. The van der Waals surface area contributed by atoms with Gasteiger partial charge in [-0.15, -0.1) is 0 Å². The van der Waals surface area contributed by atoms with E-state index in [1.165, 1.54) is 18.2 Å². The van der Waals surface area contributed by atoms with Crippen molar-refractivity contribution in [2.45, 2.75) is 19.0 Å². The number of alkyl halides is 2. The van der Waals surface area contributed by atoms with E-state index in [1.807, 2.05) is 0 Å². The largest absolute Gasteiger partial charge is 0.382 e. The molecule has 1 aromatic rings. The van der Waals surface area contributed by atoms with E-state index in [-0.39, 0.29) is 17.9 Å². The molecule has 2 rings (SSSR count). The molecule has 80 valence electrons. The summed E-state index contributed by atoms with van der Waals surface area (Å²) in [7, 11) is 0. The number of hydrogen-bond acceptors (Lipinski definition) is 2. The molecule has 0 radical (unpaired) electrons.